The molecular formula is C21H18N2O5. The fourth-order valence-corrected chi connectivity index (χ4v) is 2.52. The van der Waals surface area contributed by atoms with E-state index in [9.17, 15) is 14.9 Å². The van der Waals surface area contributed by atoms with Crippen molar-refractivity contribution >= 4 is 11.7 Å². The van der Waals surface area contributed by atoms with Gasteiger partial charge in [-0.1, -0.05) is 24.3 Å². The zero-order chi connectivity index (χ0) is 19.9. The van der Waals surface area contributed by atoms with Crippen molar-refractivity contribution < 1.29 is 19.2 Å². The number of carbonyl (C=O) groups is 1. The number of rotatable bonds is 7. The largest absolute Gasteiger partial charge is 0.460 e. The Morgan fingerprint density at radius 2 is 1.89 bits per heavy atom. The maximum atomic E-state index is 12.3. The average molecular weight is 378 g/mol. The molecule has 1 heterocycles. The highest BCUT2D eigenvalue weighted by Crippen LogP contribution is 2.23. The first kappa shape index (κ1) is 19.0. The lowest BCUT2D eigenvalue weighted by molar-refractivity contribution is -0.384. The molecule has 28 heavy (non-hydrogen) atoms. The Bertz CT molecular complexity index is 958. The Morgan fingerprint density at radius 3 is 2.57 bits per heavy atom. The number of carbonyl (C=O) groups excluding carboxylic acids is 1. The molecule has 0 radical (unpaired) electrons. The van der Waals surface area contributed by atoms with Gasteiger partial charge in [-0.3, -0.25) is 19.9 Å². The number of non-ortho nitro benzene ring substituents is 1. The van der Waals surface area contributed by atoms with Gasteiger partial charge < -0.3 is 9.47 Å². The molecule has 1 aromatic heterocycles. The number of ether oxygens (including phenoxy) is 2. The van der Waals surface area contributed by atoms with Crippen LogP contribution in [0.4, 0.5) is 5.69 Å². The second kappa shape index (κ2) is 8.77. The Kier molecular flexibility index (Phi) is 5.96. The molecule has 7 heteroatoms. The predicted molar refractivity (Wildman–Crippen MR) is 102 cm³/mol. The molecule has 1 atom stereocenters. The van der Waals surface area contributed by atoms with Crippen LogP contribution in [0, 0.1) is 10.1 Å². The summed E-state index contributed by atoms with van der Waals surface area (Å²) in [5, 5.41) is 10.9. The van der Waals surface area contributed by atoms with E-state index >= 15 is 0 Å². The molecule has 1 unspecified atom stereocenters. The number of hydrogen-bond acceptors (Lipinski definition) is 6. The minimum absolute atomic E-state index is 0.0543. The summed E-state index contributed by atoms with van der Waals surface area (Å²) in [5.74, 6) is 0.227. The van der Waals surface area contributed by atoms with Gasteiger partial charge >= 0.3 is 5.97 Å². The van der Waals surface area contributed by atoms with E-state index in [-0.39, 0.29) is 12.3 Å². The Morgan fingerprint density at radius 1 is 1.11 bits per heavy atom. The third-order valence-electron chi connectivity index (χ3n) is 4.11. The summed E-state index contributed by atoms with van der Waals surface area (Å²) >= 11 is 0. The number of nitro benzene ring substituents is 1. The van der Waals surface area contributed by atoms with Gasteiger partial charge in [-0.2, -0.15) is 0 Å². The van der Waals surface area contributed by atoms with Crippen molar-refractivity contribution in [1.29, 1.82) is 0 Å². The minimum Gasteiger partial charge on any atom is -0.460 e. The number of benzene rings is 2. The Hall–Kier alpha value is -3.74. The van der Waals surface area contributed by atoms with E-state index in [4.69, 9.17) is 9.47 Å². The van der Waals surface area contributed by atoms with Crippen LogP contribution in [-0.4, -0.2) is 15.9 Å². The van der Waals surface area contributed by atoms with Gasteiger partial charge in [-0.05, 0) is 42.3 Å². The van der Waals surface area contributed by atoms with E-state index in [1.807, 2.05) is 0 Å². The maximum absolute atomic E-state index is 12.3. The number of pyridine rings is 1. The van der Waals surface area contributed by atoms with E-state index in [0.29, 0.717) is 17.1 Å². The van der Waals surface area contributed by atoms with E-state index in [1.165, 1.54) is 12.1 Å². The van der Waals surface area contributed by atoms with Gasteiger partial charge in [0, 0.05) is 18.3 Å². The first-order valence-electron chi connectivity index (χ1n) is 8.61. The molecule has 142 valence electrons. The summed E-state index contributed by atoms with van der Waals surface area (Å²) in [6.07, 6.45) is 3.28. The fourth-order valence-electron chi connectivity index (χ4n) is 2.52. The van der Waals surface area contributed by atoms with Crippen LogP contribution >= 0.6 is 0 Å². The molecule has 3 aromatic rings. The molecule has 0 aliphatic carbocycles. The summed E-state index contributed by atoms with van der Waals surface area (Å²) in [5.41, 5.74) is 1.29. The molecule has 0 saturated heterocycles. The van der Waals surface area contributed by atoms with Crippen LogP contribution in [0.15, 0.2) is 73.1 Å². The Labute approximate surface area is 161 Å². The quantitative estimate of drug-likeness (QED) is 0.338. The van der Waals surface area contributed by atoms with Gasteiger partial charge in [0.25, 0.3) is 5.69 Å². The van der Waals surface area contributed by atoms with Crippen LogP contribution in [0.3, 0.4) is 0 Å². The molecule has 2 aromatic carbocycles. The van der Waals surface area contributed by atoms with Crippen molar-refractivity contribution in [1.82, 2.24) is 4.98 Å². The molecule has 0 amide bonds. The maximum Gasteiger partial charge on any atom is 0.313 e. The molecule has 3 rings (SSSR count). The van der Waals surface area contributed by atoms with Crippen molar-refractivity contribution in [3.8, 4) is 11.5 Å². The van der Waals surface area contributed by atoms with E-state index in [2.05, 4.69) is 4.98 Å². The van der Waals surface area contributed by atoms with Crippen LogP contribution in [0.25, 0.3) is 0 Å². The van der Waals surface area contributed by atoms with Crippen molar-refractivity contribution in [2.45, 2.75) is 19.4 Å². The van der Waals surface area contributed by atoms with E-state index in [0.717, 1.165) is 5.56 Å². The van der Waals surface area contributed by atoms with Crippen LogP contribution in [0.5, 0.6) is 11.5 Å². The fraction of sp³-hybridized carbons (Fsp3) is 0.143. The van der Waals surface area contributed by atoms with Gasteiger partial charge in [0.2, 0.25) is 0 Å². The third-order valence-corrected chi connectivity index (χ3v) is 4.11. The molecule has 0 saturated carbocycles. The summed E-state index contributed by atoms with van der Waals surface area (Å²) < 4.78 is 11.0. The lowest BCUT2D eigenvalue weighted by atomic mass is 10.0. The SMILES string of the molecule is CC(C(=O)OCc1ccc(Oc2cccnc2)cc1)c1cccc([N+](=O)[O-])c1. The van der Waals surface area contributed by atoms with Crippen molar-refractivity contribution in [2.75, 3.05) is 0 Å². The number of esters is 1. The Balaban J connectivity index is 1.56. The molecule has 0 N–H and O–H groups in total. The highest BCUT2D eigenvalue weighted by atomic mass is 16.6. The topological polar surface area (TPSA) is 91.6 Å². The standard InChI is InChI=1S/C21H18N2O5/c1-15(17-4-2-5-18(12-17)23(25)26)21(24)27-14-16-7-9-19(10-8-16)28-20-6-3-11-22-13-20/h2-13,15H,14H2,1H3. The van der Waals surface area contributed by atoms with Gasteiger partial charge in [0.15, 0.2) is 0 Å². The molecule has 0 bridgehead atoms. The monoisotopic (exact) mass is 378 g/mol. The first-order chi connectivity index (χ1) is 13.5. The lowest BCUT2D eigenvalue weighted by Crippen LogP contribution is -2.13. The molecular weight excluding hydrogens is 360 g/mol. The van der Waals surface area contributed by atoms with Crippen LogP contribution in [0.2, 0.25) is 0 Å². The normalized spacial score (nSPS) is 11.5. The van der Waals surface area contributed by atoms with Crippen molar-refractivity contribution in [2.24, 2.45) is 0 Å². The van der Waals surface area contributed by atoms with Crippen LogP contribution in [-0.2, 0) is 16.1 Å². The average Bonchev–Trinajstić information content (AvgIpc) is 2.73. The summed E-state index contributed by atoms with van der Waals surface area (Å²) in [4.78, 5) is 26.7. The molecule has 0 spiro atoms. The lowest BCUT2D eigenvalue weighted by Gasteiger charge is -2.12. The van der Waals surface area contributed by atoms with E-state index < -0.39 is 16.8 Å². The smallest absolute Gasteiger partial charge is 0.313 e. The van der Waals surface area contributed by atoms with Crippen molar-refractivity contribution in [3.05, 3.63) is 94.3 Å². The van der Waals surface area contributed by atoms with Gasteiger partial charge in [0.05, 0.1) is 17.0 Å². The second-order valence-corrected chi connectivity index (χ2v) is 6.12. The molecule has 7 nitrogen and oxygen atoms in total. The zero-order valence-electron chi connectivity index (χ0n) is 15.1. The van der Waals surface area contributed by atoms with Crippen molar-refractivity contribution in [3.63, 3.8) is 0 Å². The number of hydrogen-bond donors (Lipinski definition) is 0. The first-order valence-corrected chi connectivity index (χ1v) is 8.61. The van der Waals surface area contributed by atoms with Crippen LogP contribution < -0.4 is 4.74 Å². The minimum atomic E-state index is -0.604. The molecule has 0 aliphatic rings. The summed E-state index contributed by atoms with van der Waals surface area (Å²) in [6.45, 7) is 1.76. The van der Waals surface area contributed by atoms with Gasteiger partial charge in [0.1, 0.15) is 18.1 Å². The molecule has 0 fully saturated rings. The second-order valence-electron chi connectivity index (χ2n) is 6.12. The van der Waals surface area contributed by atoms with E-state index in [1.54, 1.807) is 67.8 Å². The number of nitro groups is 1. The highest BCUT2D eigenvalue weighted by Gasteiger charge is 2.19. The number of nitrogens with zero attached hydrogens (tertiary/aromatic N) is 2. The van der Waals surface area contributed by atoms with Crippen LogP contribution in [0.1, 0.15) is 24.0 Å². The summed E-state index contributed by atoms with van der Waals surface area (Å²) in [6, 6.07) is 16.7. The van der Waals surface area contributed by atoms with Gasteiger partial charge in [-0.25, -0.2) is 0 Å². The summed E-state index contributed by atoms with van der Waals surface area (Å²) in [7, 11) is 0. The zero-order valence-corrected chi connectivity index (χ0v) is 15.1. The predicted octanol–water partition coefficient (Wildman–Crippen LogP) is 4.63. The highest BCUT2D eigenvalue weighted by molar-refractivity contribution is 5.78. The molecule has 0 aliphatic heterocycles. The van der Waals surface area contributed by atoms with Gasteiger partial charge in [-0.15, -0.1) is 0 Å². The third kappa shape index (κ3) is 4.91. The number of aromatic nitrogens is 1.